The standard InChI is InChI=1S/C19H23N3O2/c1-5-16-18(23)20-8-9-22(16)19(24)17-12(3)13(4)21-15-7-6-11(2)10-14(15)17/h6-7,10,16H,5,8-9H2,1-4H3,(H,20,23)/t16-/m0/s1. The van der Waals surface area contributed by atoms with Crippen LogP contribution in [0.25, 0.3) is 10.9 Å². The number of amides is 2. The zero-order valence-corrected chi connectivity index (χ0v) is 14.6. The highest BCUT2D eigenvalue weighted by molar-refractivity contribution is 6.09. The third kappa shape index (κ3) is 2.64. The van der Waals surface area contributed by atoms with Crippen molar-refractivity contribution in [1.82, 2.24) is 15.2 Å². The molecule has 0 unspecified atom stereocenters. The highest BCUT2D eigenvalue weighted by Crippen LogP contribution is 2.26. The van der Waals surface area contributed by atoms with Gasteiger partial charge in [-0.25, -0.2) is 0 Å². The van der Waals surface area contributed by atoms with E-state index in [1.807, 2.05) is 45.9 Å². The molecule has 1 aliphatic rings. The summed E-state index contributed by atoms with van der Waals surface area (Å²) < 4.78 is 0. The highest BCUT2D eigenvalue weighted by atomic mass is 16.2. The van der Waals surface area contributed by atoms with Gasteiger partial charge in [0.05, 0.1) is 11.1 Å². The zero-order chi connectivity index (χ0) is 17.4. The number of pyridine rings is 1. The molecule has 24 heavy (non-hydrogen) atoms. The molecule has 126 valence electrons. The number of hydrogen-bond acceptors (Lipinski definition) is 3. The molecule has 1 aromatic carbocycles. The third-order valence-electron chi connectivity index (χ3n) is 4.82. The van der Waals surface area contributed by atoms with E-state index in [2.05, 4.69) is 10.3 Å². The number of nitrogens with one attached hydrogen (secondary N) is 1. The van der Waals surface area contributed by atoms with E-state index in [1.165, 1.54) is 0 Å². The molecule has 2 aromatic rings. The van der Waals surface area contributed by atoms with Crippen molar-refractivity contribution in [3.05, 3.63) is 40.6 Å². The molecule has 0 saturated carbocycles. The predicted molar refractivity (Wildman–Crippen MR) is 94.1 cm³/mol. The molecule has 0 aliphatic carbocycles. The smallest absolute Gasteiger partial charge is 0.255 e. The van der Waals surface area contributed by atoms with Crippen LogP contribution in [-0.2, 0) is 4.79 Å². The summed E-state index contributed by atoms with van der Waals surface area (Å²) >= 11 is 0. The average Bonchev–Trinajstić information content (AvgIpc) is 2.56. The minimum atomic E-state index is -0.404. The van der Waals surface area contributed by atoms with Gasteiger partial charge in [0.15, 0.2) is 0 Å². The van der Waals surface area contributed by atoms with E-state index in [9.17, 15) is 9.59 Å². The van der Waals surface area contributed by atoms with Crippen LogP contribution in [0.5, 0.6) is 0 Å². The monoisotopic (exact) mass is 325 g/mol. The minimum absolute atomic E-state index is 0.0685. The second-order valence-electron chi connectivity index (χ2n) is 6.43. The van der Waals surface area contributed by atoms with Gasteiger partial charge in [-0.15, -0.1) is 0 Å². The lowest BCUT2D eigenvalue weighted by Gasteiger charge is -2.35. The van der Waals surface area contributed by atoms with Gasteiger partial charge in [0, 0.05) is 24.2 Å². The molecular weight excluding hydrogens is 302 g/mol. The van der Waals surface area contributed by atoms with E-state index < -0.39 is 6.04 Å². The largest absolute Gasteiger partial charge is 0.353 e. The van der Waals surface area contributed by atoms with Crippen molar-refractivity contribution in [3.63, 3.8) is 0 Å². The first-order valence-electron chi connectivity index (χ1n) is 8.40. The SMILES string of the molecule is CC[C@H]1C(=O)NCCN1C(=O)c1c(C)c(C)nc2ccc(C)cc12. The second kappa shape index (κ2) is 6.23. The molecule has 2 heterocycles. The Balaban J connectivity index is 2.17. The molecule has 2 amide bonds. The first kappa shape index (κ1) is 16.4. The fraction of sp³-hybridized carbons (Fsp3) is 0.421. The lowest BCUT2D eigenvalue weighted by Crippen LogP contribution is -2.57. The van der Waals surface area contributed by atoms with Gasteiger partial charge >= 0.3 is 0 Å². The molecule has 1 N–H and O–H groups in total. The fourth-order valence-electron chi connectivity index (χ4n) is 3.38. The number of rotatable bonds is 2. The van der Waals surface area contributed by atoms with Gasteiger partial charge in [0.1, 0.15) is 6.04 Å². The van der Waals surface area contributed by atoms with Crippen LogP contribution in [0.4, 0.5) is 0 Å². The fourth-order valence-corrected chi connectivity index (χ4v) is 3.38. The van der Waals surface area contributed by atoms with Gasteiger partial charge in [0.2, 0.25) is 5.91 Å². The first-order chi connectivity index (χ1) is 11.4. The molecule has 1 saturated heterocycles. The molecule has 5 nitrogen and oxygen atoms in total. The van der Waals surface area contributed by atoms with Gasteiger partial charge in [-0.2, -0.15) is 0 Å². The van der Waals surface area contributed by atoms with Crippen molar-refractivity contribution in [2.45, 2.75) is 40.2 Å². The van der Waals surface area contributed by atoms with Crippen LogP contribution in [0.2, 0.25) is 0 Å². The average molecular weight is 325 g/mol. The number of piperazine rings is 1. The Bertz CT molecular complexity index is 829. The molecule has 5 heteroatoms. The number of nitrogens with zero attached hydrogens (tertiary/aromatic N) is 2. The van der Waals surface area contributed by atoms with Crippen LogP contribution in [0.3, 0.4) is 0 Å². The van der Waals surface area contributed by atoms with Crippen LogP contribution < -0.4 is 5.32 Å². The Morgan fingerprint density at radius 2 is 2.08 bits per heavy atom. The summed E-state index contributed by atoms with van der Waals surface area (Å²) in [5.41, 5.74) is 4.32. The number of hydrogen-bond donors (Lipinski definition) is 1. The number of fused-ring (bicyclic) bond motifs is 1. The van der Waals surface area contributed by atoms with Crippen LogP contribution in [0, 0.1) is 20.8 Å². The molecule has 0 spiro atoms. The van der Waals surface area contributed by atoms with Crippen LogP contribution >= 0.6 is 0 Å². The van der Waals surface area contributed by atoms with Gasteiger partial charge in [0.25, 0.3) is 5.91 Å². The molecule has 0 bridgehead atoms. The maximum Gasteiger partial charge on any atom is 0.255 e. The van der Waals surface area contributed by atoms with E-state index in [0.717, 1.165) is 27.7 Å². The van der Waals surface area contributed by atoms with E-state index in [-0.39, 0.29) is 11.8 Å². The summed E-state index contributed by atoms with van der Waals surface area (Å²) in [6.45, 7) is 8.83. The minimum Gasteiger partial charge on any atom is -0.353 e. The van der Waals surface area contributed by atoms with Crippen molar-refractivity contribution < 1.29 is 9.59 Å². The van der Waals surface area contributed by atoms with E-state index in [0.29, 0.717) is 25.1 Å². The normalized spacial score (nSPS) is 17.9. The Kier molecular flexibility index (Phi) is 4.26. The number of carbonyl (C=O) groups excluding carboxylic acids is 2. The molecular formula is C19H23N3O2. The summed E-state index contributed by atoms with van der Waals surface area (Å²) in [5.74, 6) is -0.142. The summed E-state index contributed by atoms with van der Waals surface area (Å²) in [6.07, 6.45) is 0.609. The van der Waals surface area contributed by atoms with Crippen molar-refractivity contribution in [3.8, 4) is 0 Å². The summed E-state index contributed by atoms with van der Waals surface area (Å²) in [7, 11) is 0. The Morgan fingerprint density at radius 1 is 1.33 bits per heavy atom. The molecule has 1 aliphatic heterocycles. The van der Waals surface area contributed by atoms with E-state index in [4.69, 9.17) is 0 Å². The lowest BCUT2D eigenvalue weighted by atomic mass is 9.97. The summed E-state index contributed by atoms with van der Waals surface area (Å²) in [6, 6.07) is 5.56. The predicted octanol–water partition coefficient (Wildman–Crippen LogP) is 2.51. The van der Waals surface area contributed by atoms with Gasteiger partial charge in [-0.05, 0) is 44.9 Å². The Labute approximate surface area is 142 Å². The molecule has 0 radical (unpaired) electrons. The van der Waals surface area contributed by atoms with E-state index >= 15 is 0 Å². The lowest BCUT2D eigenvalue weighted by molar-refractivity contribution is -0.127. The Morgan fingerprint density at radius 3 is 2.79 bits per heavy atom. The van der Waals surface area contributed by atoms with E-state index in [1.54, 1.807) is 4.90 Å². The maximum absolute atomic E-state index is 13.3. The molecule has 3 rings (SSSR count). The Hall–Kier alpha value is -2.43. The summed E-state index contributed by atoms with van der Waals surface area (Å²) in [4.78, 5) is 31.8. The van der Waals surface area contributed by atoms with Crippen LogP contribution in [0.15, 0.2) is 18.2 Å². The number of benzene rings is 1. The van der Waals surface area contributed by atoms with Crippen LogP contribution in [-0.4, -0.2) is 40.8 Å². The highest BCUT2D eigenvalue weighted by Gasteiger charge is 2.33. The second-order valence-corrected chi connectivity index (χ2v) is 6.43. The third-order valence-corrected chi connectivity index (χ3v) is 4.82. The molecule has 1 atom stereocenters. The van der Waals surface area contributed by atoms with Crippen molar-refractivity contribution in [2.75, 3.05) is 13.1 Å². The number of aryl methyl sites for hydroxylation is 2. The van der Waals surface area contributed by atoms with Crippen molar-refractivity contribution in [2.24, 2.45) is 0 Å². The van der Waals surface area contributed by atoms with Crippen LogP contribution in [0.1, 0.15) is 40.5 Å². The molecule has 1 fully saturated rings. The molecule has 1 aromatic heterocycles. The van der Waals surface area contributed by atoms with Crippen molar-refractivity contribution in [1.29, 1.82) is 0 Å². The quantitative estimate of drug-likeness (QED) is 0.923. The first-order valence-corrected chi connectivity index (χ1v) is 8.40. The van der Waals surface area contributed by atoms with Gasteiger partial charge in [-0.1, -0.05) is 18.6 Å². The van der Waals surface area contributed by atoms with Gasteiger partial charge < -0.3 is 10.2 Å². The summed E-state index contributed by atoms with van der Waals surface area (Å²) in [5, 5.41) is 3.71. The number of aromatic nitrogens is 1. The maximum atomic E-state index is 13.3. The van der Waals surface area contributed by atoms with Gasteiger partial charge in [-0.3, -0.25) is 14.6 Å². The zero-order valence-electron chi connectivity index (χ0n) is 14.6. The van der Waals surface area contributed by atoms with Crippen molar-refractivity contribution >= 4 is 22.7 Å². The topological polar surface area (TPSA) is 62.3 Å². The number of carbonyl (C=O) groups is 2.